The maximum Gasteiger partial charge on any atom is 0.300 e. The van der Waals surface area contributed by atoms with Crippen LogP contribution < -0.4 is 4.90 Å². The SMILES string of the molecule is Cc1ccc(N2C(=O)C(=O)/C(=C(\O)c3ccc(C(C)C)cc3)C2c2ccc(C(C)C)cc2)cn1.Cl. The summed E-state index contributed by atoms with van der Waals surface area (Å²) < 4.78 is 0. The lowest BCUT2D eigenvalue weighted by Gasteiger charge is -2.25. The molecule has 5 nitrogen and oxygen atoms in total. The van der Waals surface area contributed by atoms with Crippen LogP contribution in [0.5, 0.6) is 0 Å². The van der Waals surface area contributed by atoms with E-state index in [4.69, 9.17) is 0 Å². The van der Waals surface area contributed by atoms with Gasteiger partial charge in [-0.2, -0.15) is 0 Å². The first-order valence-corrected chi connectivity index (χ1v) is 11.6. The van der Waals surface area contributed by atoms with Gasteiger partial charge in [0.25, 0.3) is 11.7 Å². The van der Waals surface area contributed by atoms with E-state index in [1.165, 1.54) is 4.90 Å². The minimum absolute atomic E-state index is 0. The van der Waals surface area contributed by atoms with Crippen molar-refractivity contribution < 1.29 is 14.7 Å². The largest absolute Gasteiger partial charge is 0.507 e. The van der Waals surface area contributed by atoms with Gasteiger partial charge in [-0.1, -0.05) is 76.2 Å². The van der Waals surface area contributed by atoms with Crippen LogP contribution >= 0.6 is 12.4 Å². The van der Waals surface area contributed by atoms with E-state index in [-0.39, 0.29) is 23.7 Å². The minimum Gasteiger partial charge on any atom is -0.507 e. The normalized spacial score (nSPS) is 17.2. The van der Waals surface area contributed by atoms with Crippen LogP contribution in [-0.2, 0) is 9.59 Å². The van der Waals surface area contributed by atoms with Gasteiger partial charge in [0.05, 0.1) is 23.5 Å². The number of aryl methyl sites for hydroxylation is 1. The highest BCUT2D eigenvalue weighted by atomic mass is 35.5. The Morgan fingerprint density at radius 1 is 0.857 bits per heavy atom. The van der Waals surface area contributed by atoms with Crippen LogP contribution in [0.3, 0.4) is 0 Å². The third-order valence-electron chi connectivity index (χ3n) is 6.39. The lowest BCUT2D eigenvalue weighted by Crippen LogP contribution is -2.29. The number of carbonyl (C=O) groups excluding carboxylic acids is 2. The molecule has 3 aromatic rings. The Bertz CT molecular complexity index is 1240. The van der Waals surface area contributed by atoms with Crippen LogP contribution in [0.2, 0.25) is 0 Å². The average molecular weight is 491 g/mol. The highest BCUT2D eigenvalue weighted by Gasteiger charge is 2.47. The van der Waals surface area contributed by atoms with Crippen molar-refractivity contribution in [3.63, 3.8) is 0 Å². The van der Waals surface area contributed by atoms with Crippen LogP contribution in [0.25, 0.3) is 5.76 Å². The van der Waals surface area contributed by atoms with Gasteiger partial charge in [-0.05, 0) is 47.6 Å². The van der Waals surface area contributed by atoms with E-state index < -0.39 is 17.7 Å². The molecule has 1 aromatic heterocycles. The third-order valence-corrected chi connectivity index (χ3v) is 6.39. The Balaban J connectivity index is 0.00000342. The molecule has 0 saturated carbocycles. The van der Waals surface area contributed by atoms with Crippen molar-refractivity contribution in [2.75, 3.05) is 4.90 Å². The number of hydrogen-bond acceptors (Lipinski definition) is 4. The fourth-order valence-corrected chi connectivity index (χ4v) is 4.26. The molecule has 1 atom stereocenters. The smallest absolute Gasteiger partial charge is 0.300 e. The molecule has 0 radical (unpaired) electrons. The number of Topliss-reactive ketones (excluding diaryl/α,β-unsaturated/α-hetero) is 1. The lowest BCUT2D eigenvalue weighted by atomic mass is 9.92. The van der Waals surface area contributed by atoms with Crippen LogP contribution in [0.15, 0.2) is 72.4 Å². The number of rotatable bonds is 5. The van der Waals surface area contributed by atoms with Gasteiger partial charge in [0.1, 0.15) is 5.76 Å². The van der Waals surface area contributed by atoms with Crippen molar-refractivity contribution >= 4 is 35.5 Å². The number of pyridine rings is 1. The Kier molecular flexibility index (Phi) is 7.81. The van der Waals surface area contributed by atoms with E-state index in [0.29, 0.717) is 23.1 Å². The lowest BCUT2D eigenvalue weighted by molar-refractivity contribution is -0.132. The molecule has 1 fully saturated rings. The number of amides is 1. The summed E-state index contributed by atoms with van der Waals surface area (Å²) in [5.41, 5.74) is 4.95. The van der Waals surface area contributed by atoms with Crippen molar-refractivity contribution in [1.29, 1.82) is 0 Å². The number of nitrogens with zero attached hydrogens (tertiary/aromatic N) is 2. The van der Waals surface area contributed by atoms with Crippen LogP contribution in [0.4, 0.5) is 5.69 Å². The molecular formula is C29H31ClN2O3. The number of aliphatic hydroxyl groups excluding tert-OH is 1. The zero-order valence-corrected chi connectivity index (χ0v) is 21.5. The second kappa shape index (κ2) is 10.4. The van der Waals surface area contributed by atoms with Gasteiger partial charge < -0.3 is 5.11 Å². The molecule has 1 amide bonds. The van der Waals surface area contributed by atoms with Crippen molar-refractivity contribution in [3.8, 4) is 0 Å². The van der Waals surface area contributed by atoms with Gasteiger partial charge >= 0.3 is 0 Å². The van der Waals surface area contributed by atoms with Crippen LogP contribution in [0, 0.1) is 6.92 Å². The van der Waals surface area contributed by atoms with Gasteiger partial charge in [0.2, 0.25) is 0 Å². The van der Waals surface area contributed by atoms with Gasteiger partial charge in [-0.3, -0.25) is 19.5 Å². The van der Waals surface area contributed by atoms with E-state index in [1.807, 2.05) is 43.3 Å². The molecule has 1 saturated heterocycles. The summed E-state index contributed by atoms with van der Waals surface area (Å²) in [6.07, 6.45) is 1.59. The molecule has 1 aliphatic heterocycles. The summed E-state index contributed by atoms with van der Waals surface area (Å²) >= 11 is 0. The molecule has 182 valence electrons. The molecule has 4 rings (SSSR count). The number of halogens is 1. The number of ketones is 1. The van der Waals surface area contributed by atoms with Crippen molar-refractivity contribution in [3.05, 3.63) is 100 Å². The highest BCUT2D eigenvalue weighted by Crippen LogP contribution is 2.42. The Labute approximate surface area is 212 Å². The average Bonchev–Trinajstić information content (AvgIpc) is 3.09. The van der Waals surface area contributed by atoms with Gasteiger partial charge in [-0.15, -0.1) is 12.4 Å². The van der Waals surface area contributed by atoms with Gasteiger partial charge in [0, 0.05) is 11.3 Å². The van der Waals surface area contributed by atoms with E-state index in [9.17, 15) is 14.7 Å². The number of anilines is 1. The summed E-state index contributed by atoms with van der Waals surface area (Å²) in [7, 11) is 0. The quantitative estimate of drug-likeness (QED) is 0.246. The number of hydrogen-bond donors (Lipinski definition) is 1. The predicted octanol–water partition coefficient (Wildman–Crippen LogP) is 6.68. The summed E-state index contributed by atoms with van der Waals surface area (Å²) in [5.74, 6) is -0.862. The van der Waals surface area contributed by atoms with E-state index >= 15 is 0 Å². The Morgan fingerprint density at radius 2 is 1.40 bits per heavy atom. The molecule has 2 heterocycles. The zero-order chi connectivity index (χ0) is 24.6. The molecule has 2 aromatic carbocycles. The zero-order valence-electron chi connectivity index (χ0n) is 20.6. The maximum absolute atomic E-state index is 13.3. The number of aromatic nitrogens is 1. The topological polar surface area (TPSA) is 70.5 Å². The molecule has 1 N–H and O–H groups in total. The fraction of sp³-hybridized carbons (Fsp3) is 0.276. The maximum atomic E-state index is 13.3. The standard InChI is InChI=1S/C29H30N2O3.ClH/c1-17(2)20-7-11-22(12-8-20)26-25(27(32)23-13-9-21(10-14-23)18(3)4)28(33)29(34)31(26)24-15-6-19(5)30-16-24;/h6-18,26,32H,1-5H3;1H/b27-25-;. The molecule has 0 bridgehead atoms. The first kappa shape index (κ1) is 26.2. The first-order valence-electron chi connectivity index (χ1n) is 11.6. The molecule has 0 spiro atoms. The van der Waals surface area contributed by atoms with Crippen molar-refractivity contribution in [1.82, 2.24) is 4.98 Å². The van der Waals surface area contributed by atoms with Crippen molar-refractivity contribution in [2.45, 2.75) is 52.5 Å². The monoisotopic (exact) mass is 490 g/mol. The third kappa shape index (κ3) is 5.01. The summed E-state index contributed by atoms with van der Waals surface area (Å²) in [4.78, 5) is 32.3. The second-order valence-electron chi connectivity index (χ2n) is 9.42. The van der Waals surface area contributed by atoms with E-state index in [1.54, 1.807) is 30.5 Å². The van der Waals surface area contributed by atoms with E-state index in [2.05, 4.69) is 32.7 Å². The molecular weight excluding hydrogens is 460 g/mol. The fourth-order valence-electron chi connectivity index (χ4n) is 4.26. The van der Waals surface area contributed by atoms with Crippen LogP contribution in [0.1, 0.15) is 73.5 Å². The van der Waals surface area contributed by atoms with Gasteiger partial charge in [0.15, 0.2) is 0 Å². The molecule has 35 heavy (non-hydrogen) atoms. The van der Waals surface area contributed by atoms with E-state index in [0.717, 1.165) is 22.4 Å². The predicted molar refractivity (Wildman–Crippen MR) is 142 cm³/mol. The van der Waals surface area contributed by atoms with Gasteiger partial charge in [-0.25, -0.2) is 0 Å². The van der Waals surface area contributed by atoms with Crippen LogP contribution in [-0.4, -0.2) is 21.8 Å². The Morgan fingerprint density at radius 3 is 1.89 bits per heavy atom. The first-order chi connectivity index (χ1) is 16.2. The molecule has 1 unspecified atom stereocenters. The number of carbonyl (C=O) groups is 2. The number of aliphatic hydroxyl groups is 1. The Hall–Kier alpha value is -3.44. The molecule has 0 aliphatic carbocycles. The summed E-state index contributed by atoms with van der Waals surface area (Å²) in [6, 6.07) is 18.2. The summed E-state index contributed by atoms with van der Waals surface area (Å²) in [6.45, 7) is 10.3. The minimum atomic E-state index is -0.754. The summed E-state index contributed by atoms with van der Waals surface area (Å²) in [5, 5.41) is 11.3. The molecule has 1 aliphatic rings. The molecule has 6 heteroatoms. The van der Waals surface area contributed by atoms with Crippen molar-refractivity contribution in [2.24, 2.45) is 0 Å². The highest BCUT2D eigenvalue weighted by molar-refractivity contribution is 6.51. The second-order valence-corrected chi connectivity index (χ2v) is 9.42. The number of benzene rings is 2.